The van der Waals surface area contributed by atoms with Crippen LogP contribution in [-0.2, 0) is 25.4 Å². The Morgan fingerprint density at radius 2 is 1.85 bits per heavy atom. The first-order valence-electron chi connectivity index (χ1n) is 8.05. The number of carboxylic acid groups (broad SMARTS) is 1. The fourth-order valence-electron chi connectivity index (χ4n) is 2.72. The minimum absolute atomic E-state index is 0.0681. The predicted molar refractivity (Wildman–Crippen MR) is 98.7 cm³/mol. The summed E-state index contributed by atoms with van der Waals surface area (Å²) in [6.07, 6.45) is -0.0681. The average molecular weight is 392 g/mol. The van der Waals surface area contributed by atoms with Gasteiger partial charge in [0.25, 0.3) is 5.56 Å². The molecule has 2 heterocycles. The Kier molecular flexibility index (Phi) is 5.17. The molecule has 0 atom stereocenters. The summed E-state index contributed by atoms with van der Waals surface area (Å²) < 4.78 is 17.2. The van der Waals surface area contributed by atoms with Crippen LogP contribution in [0.15, 0.2) is 39.0 Å². The van der Waals surface area contributed by atoms with Gasteiger partial charge < -0.3 is 9.67 Å². The van der Waals surface area contributed by atoms with Crippen LogP contribution in [-0.4, -0.2) is 35.5 Å². The summed E-state index contributed by atoms with van der Waals surface area (Å²) in [4.78, 5) is 39.9. The van der Waals surface area contributed by atoms with Crippen molar-refractivity contribution in [3.8, 4) is 0 Å². The second kappa shape index (κ2) is 7.39. The van der Waals surface area contributed by atoms with Gasteiger partial charge in [0, 0.05) is 19.8 Å². The molecule has 0 radical (unpaired) electrons. The topological polar surface area (TPSA) is 99.1 Å². The molecule has 1 aromatic carbocycles. The number of benzene rings is 1. The highest BCUT2D eigenvalue weighted by molar-refractivity contribution is 7.99. The molecule has 0 unspecified atom stereocenters. The predicted octanol–water partition coefficient (Wildman–Crippen LogP) is 1.19. The number of nitrogens with zero attached hydrogens (tertiary/aromatic N) is 4. The second-order valence-electron chi connectivity index (χ2n) is 5.98. The highest BCUT2D eigenvalue weighted by Crippen LogP contribution is 2.23. The van der Waals surface area contributed by atoms with E-state index < -0.39 is 17.2 Å². The van der Waals surface area contributed by atoms with E-state index in [0.29, 0.717) is 10.8 Å². The van der Waals surface area contributed by atoms with Crippen LogP contribution in [0.3, 0.4) is 0 Å². The lowest BCUT2D eigenvalue weighted by Gasteiger charge is -2.11. The van der Waals surface area contributed by atoms with E-state index >= 15 is 0 Å². The van der Waals surface area contributed by atoms with Crippen LogP contribution in [0.1, 0.15) is 12.0 Å². The Morgan fingerprint density at radius 1 is 1.19 bits per heavy atom. The highest BCUT2D eigenvalue weighted by atomic mass is 32.2. The standard InChI is InChI=1S/C17H17FN4O4S/c1-20-14-13(15(25)21(2)17(20)26)19-16(27-8-7-12(23)24)22(14)9-10-3-5-11(18)6-4-10/h3-6H,7-9H2,1-2H3,(H,23,24). The quantitative estimate of drug-likeness (QED) is 0.633. The molecule has 0 fully saturated rings. The van der Waals surface area contributed by atoms with Crippen molar-refractivity contribution in [1.82, 2.24) is 18.7 Å². The zero-order valence-electron chi connectivity index (χ0n) is 14.7. The van der Waals surface area contributed by atoms with Gasteiger partial charge in [0.1, 0.15) is 5.82 Å². The number of aliphatic carboxylic acids is 1. The largest absolute Gasteiger partial charge is 0.481 e. The van der Waals surface area contributed by atoms with Crippen LogP contribution >= 0.6 is 11.8 Å². The number of carbonyl (C=O) groups is 1. The molecule has 2 aromatic heterocycles. The third-order valence-electron chi connectivity index (χ3n) is 4.11. The Labute approximate surface area is 156 Å². The van der Waals surface area contributed by atoms with Gasteiger partial charge in [-0.2, -0.15) is 0 Å². The number of imidazole rings is 1. The van der Waals surface area contributed by atoms with E-state index in [4.69, 9.17) is 5.11 Å². The van der Waals surface area contributed by atoms with Crippen molar-refractivity contribution in [2.45, 2.75) is 18.1 Å². The molecule has 27 heavy (non-hydrogen) atoms. The lowest BCUT2D eigenvalue weighted by Crippen LogP contribution is -2.37. The Balaban J connectivity index is 2.16. The van der Waals surface area contributed by atoms with Crippen molar-refractivity contribution < 1.29 is 14.3 Å². The molecule has 0 aliphatic carbocycles. The number of carboxylic acids is 1. The van der Waals surface area contributed by atoms with Crippen LogP contribution in [0.5, 0.6) is 0 Å². The van der Waals surface area contributed by atoms with Gasteiger partial charge in [-0.1, -0.05) is 23.9 Å². The zero-order valence-corrected chi connectivity index (χ0v) is 15.5. The molecular formula is C17H17FN4O4S. The molecule has 0 bridgehead atoms. The summed E-state index contributed by atoms with van der Waals surface area (Å²) in [6, 6.07) is 5.85. The van der Waals surface area contributed by atoms with E-state index in [-0.39, 0.29) is 30.1 Å². The SMILES string of the molecule is Cn1c(=O)c2nc(SCCC(=O)O)n(Cc3ccc(F)cc3)c2n(C)c1=O. The molecular weight excluding hydrogens is 375 g/mol. The van der Waals surface area contributed by atoms with Crippen molar-refractivity contribution in [3.63, 3.8) is 0 Å². The molecule has 3 aromatic rings. The maximum Gasteiger partial charge on any atom is 0.332 e. The number of hydrogen-bond donors (Lipinski definition) is 1. The summed E-state index contributed by atoms with van der Waals surface area (Å²) in [6.45, 7) is 0.257. The highest BCUT2D eigenvalue weighted by Gasteiger charge is 2.19. The van der Waals surface area contributed by atoms with Gasteiger partial charge in [-0.15, -0.1) is 0 Å². The molecule has 8 nitrogen and oxygen atoms in total. The summed E-state index contributed by atoms with van der Waals surface area (Å²) in [7, 11) is 2.92. The molecule has 0 saturated heterocycles. The van der Waals surface area contributed by atoms with Gasteiger partial charge in [0.15, 0.2) is 16.3 Å². The third kappa shape index (κ3) is 3.65. The first-order valence-corrected chi connectivity index (χ1v) is 9.03. The molecule has 0 aliphatic heterocycles. The lowest BCUT2D eigenvalue weighted by molar-refractivity contribution is -0.136. The Hall–Kier alpha value is -2.88. The Morgan fingerprint density at radius 3 is 2.48 bits per heavy atom. The van der Waals surface area contributed by atoms with Crippen molar-refractivity contribution in [3.05, 3.63) is 56.5 Å². The van der Waals surface area contributed by atoms with E-state index in [9.17, 15) is 18.8 Å². The minimum atomic E-state index is -0.938. The molecule has 142 valence electrons. The molecule has 1 N–H and O–H groups in total. The number of hydrogen-bond acceptors (Lipinski definition) is 5. The first-order chi connectivity index (χ1) is 12.8. The number of aryl methyl sites for hydroxylation is 1. The average Bonchev–Trinajstić information content (AvgIpc) is 2.98. The van der Waals surface area contributed by atoms with Gasteiger partial charge in [-0.25, -0.2) is 14.2 Å². The molecule has 3 rings (SSSR count). The van der Waals surface area contributed by atoms with Crippen molar-refractivity contribution >= 4 is 28.9 Å². The second-order valence-corrected chi connectivity index (χ2v) is 7.04. The maximum absolute atomic E-state index is 13.2. The fraction of sp³-hybridized carbons (Fsp3) is 0.294. The molecule has 0 amide bonds. The van der Waals surface area contributed by atoms with E-state index in [1.54, 1.807) is 23.7 Å². The normalized spacial score (nSPS) is 11.2. The summed E-state index contributed by atoms with van der Waals surface area (Å²) in [5.41, 5.74) is 0.203. The number of aromatic nitrogens is 4. The van der Waals surface area contributed by atoms with E-state index in [0.717, 1.165) is 10.1 Å². The van der Waals surface area contributed by atoms with Gasteiger partial charge in [0.2, 0.25) is 0 Å². The maximum atomic E-state index is 13.2. The van der Waals surface area contributed by atoms with Crippen molar-refractivity contribution in [2.24, 2.45) is 14.1 Å². The van der Waals surface area contributed by atoms with Crippen molar-refractivity contribution in [2.75, 3.05) is 5.75 Å². The van der Waals surface area contributed by atoms with Crippen LogP contribution in [0.25, 0.3) is 11.2 Å². The number of fused-ring (bicyclic) bond motifs is 1. The molecule has 0 saturated carbocycles. The monoisotopic (exact) mass is 392 g/mol. The summed E-state index contributed by atoms with van der Waals surface area (Å²) in [5, 5.41) is 9.27. The zero-order chi connectivity index (χ0) is 19.7. The Bertz CT molecular complexity index is 1130. The molecule has 0 aliphatic rings. The van der Waals surface area contributed by atoms with Gasteiger partial charge in [0.05, 0.1) is 13.0 Å². The van der Waals surface area contributed by atoms with Crippen LogP contribution in [0.4, 0.5) is 4.39 Å². The number of halogens is 1. The first kappa shape index (κ1) is 18.9. The molecule has 0 spiro atoms. The lowest BCUT2D eigenvalue weighted by atomic mass is 10.2. The van der Waals surface area contributed by atoms with E-state index in [2.05, 4.69) is 4.98 Å². The number of thioether (sulfide) groups is 1. The van der Waals surface area contributed by atoms with Crippen molar-refractivity contribution in [1.29, 1.82) is 0 Å². The van der Waals surface area contributed by atoms with Crippen LogP contribution in [0, 0.1) is 5.82 Å². The van der Waals surface area contributed by atoms with E-state index in [1.807, 2.05) is 0 Å². The van der Waals surface area contributed by atoms with Crippen LogP contribution in [0.2, 0.25) is 0 Å². The van der Waals surface area contributed by atoms with Gasteiger partial charge in [-0.3, -0.25) is 18.7 Å². The smallest absolute Gasteiger partial charge is 0.332 e. The van der Waals surface area contributed by atoms with Crippen LogP contribution < -0.4 is 11.2 Å². The third-order valence-corrected chi connectivity index (χ3v) is 5.08. The summed E-state index contributed by atoms with van der Waals surface area (Å²) >= 11 is 1.19. The number of rotatable bonds is 6. The minimum Gasteiger partial charge on any atom is -0.481 e. The summed E-state index contributed by atoms with van der Waals surface area (Å²) in [5.74, 6) is -1.05. The van der Waals surface area contributed by atoms with Gasteiger partial charge >= 0.3 is 11.7 Å². The fourth-order valence-corrected chi connectivity index (χ4v) is 3.65. The van der Waals surface area contributed by atoms with E-state index in [1.165, 1.54) is 35.5 Å². The molecule has 10 heteroatoms. The van der Waals surface area contributed by atoms with Gasteiger partial charge in [-0.05, 0) is 17.7 Å².